The molecule has 96 valence electrons. The topological polar surface area (TPSA) is 90.3 Å². The molecule has 1 heterocycles. The van der Waals surface area contributed by atoms with Gasteiger partial charge in [-0.1, -0.05) is 6.92 Å². The molecule has 1 unspecified atom stereocenters. The van der Waals surface area contributed by atoms with Crippen LogP contribution < -0.4 is 16.4 Å². The number of nitrogens with zero attached hydrogens (tertiary/aromatic N) is 3. The molecule has 1 aromatic heterocycles. The highest BCUT2D eigenvalue weighted by atomic mass is 16.5. The SMILES string of the molecule is CCC(C)N(CCOC)c1cc(N)nc(N)n1. The molecule has 0 spiro atoms. The smallest absolute Gasteiger partial charge is 0.223 e. The lowest BCUT2D eigenvalue weighted by Crippen LogP contribution is -2.36. The predicted molar refractivity (Wildman–Crippen MR) is 69.8 cm³/mol. The zero-order valence-electron chi connectivity index (χ0n) is 10.7. The second kappa shape index (κ2) is 6.24. The van der Waals surface area contributed by atoms with E-state index in [4.69, 9.17) is 16.2 Å². The largest absolute Gasteiger partial charge is 0.383 e. The van der Waals surface area contributed by atoms with E-state index in [2.05, 4.69) is 28.7 Å². The second-order valence-electron chi connectivity index (χ2n) is 3.95. The molecule has 0 bridgehead atoms. The van der Waals surface area contributed by atoms with Crippen molar-refractivity contribution in [3.05, 3.63) is 6.07 Å². The first-order chi connectivity index (χ1) is 8.08. The van der Waals surface area contributed by atoms with Gasteiger partial charge in [-0.15, -0.1) is 0 Å². The minimum atomic E-state index is 0.200. The molecule has 6 heteroatoms. The quantitative estimate of drug-likeness (QED) is 0.766. The first-order valence-corrected chi connectivity index (χ1v) is 5.74. The van der Waals surface area contributed by atoms with Gasteiger partial charge in [-0.3, -0.25) is 0 Å². The molecule has 0 radical (unpaired) electrons. The van der Waals surface area contributed by atoms with E-state index in [9.17, 15) is 0 Å². The molecule has 0 aliphatic heterocycles. The molecule has 1 rings (SSSR count). The number of hydrogen-bond donors (Lipinski definition) is 2. The third-order valence-corrected chi connectivity index (χ3v) is 2.70. The van der Waals surface area contributed by atoms with Crippen molar-refractivity contribution in [1.82, 2.24) is 9.97 Å². The van der Waals surface area contributed by atoms with Crippen LogP contribution in [0.25, 0.3) is 0 Å². The van der Waals surface area contributed by atoms with Crippen LogP contribution in [0, 0.1) is 0 Å². The molecule has 0 aliphatic carbocycles. The van der Waals surface area contributed by atoms with Crippen LogP contribution in [-0.2, 0) is 4.74 Å². The fourth-order valence-electron chi connectivity index (χ4n) is 1.59. The Kier molecular flexibility index (Phi) is 4.96. The number of aromatic nitrogens is 2. The van der Waals surface area contributed by atoms with Crippen LogP contribution >= 0.6 is 0 Å². The molecule has 0 saturated carbocycles. The van der Waals surface area contributed by atoms with Gasteiger partial charge in [0.1, 0.15) is 11.6 Å². The Morgan fingerprint density at radius 1 is 1.41 bits per heavy atom. The second-order valence-corrected chi connectivity index (χ2v) is 3.95. The van der Waals surface area contributed by atoms with E-state index in [-0.39, 0.29) is 5.95 Å². The average Bonchev–Trinajstić information content (AvgIpc) is 2.28. The van der Waals surface area contributed by atoms with Gasteiger partial charge < -0.3 is 21.1 Å². The zero-order valence-corrected chi connectivity index (χ0v) is 10.7. The standard InChI is InChI=1S/C11H21N5O/c1-4-8(2)16(5-6-17-3)10-7-9(12)14-11(13)15-10/h7-8H,4-6H2,1-3H3,(H4,12,13,14,15). The Bertz CT molecular complexity index is 337. The fourth-order valence-corrected chi connectivity index (χ4v) is 1.59. The van der Waals surface area contributed by atoms with Crippen LogP contribution in [0.4, 0.5) is 17.6 Å². The normalized spacial score (nSPS) is 12.4. The summed E-state index contributed by atoms with van der Waals surface area (Å²) in [5.41, 5.74) is 11.3. The zero-order chi connectivity index (χ0) is 12.8. The molecular formula is C11H21N5O. The van der Waals surface area contributed by atoms with Gasteiger partial charge in [0.2, 0.25) is 5.95 Å². The van der Waals surface area contributed by atoms with Crippen molar-refractivity contribution >= 4 is 17.6 Å². The Hall–Kier alpha value is -1.56. The van der Waals surface area contributed by atoms with Crippen LogP contribution in [0.2, 0.25) is 0 Å². The molecule has 1 aromatic rings. The highest BCUT2D eigenvalue weighted by Gasteiger charge is 2.15. The summed E-state index contributed by atoms with van der Waals surface area (Å²) in [6.07, 6.45) is 1.01. The lowest BCUT2D eigenvalue weighted by atomic mass is 10.2. The van der Waals surface area contributed by atoms with Crippen molar-refractivity contribution in [1.29, 1.82) is 0 Å². The third-order valence-electron chi connectivity index (χ3n) is 2.70. The van der Waals surface area contributed by atoms with E-state index in [1.54, 1.807) is 13.2 Å². The van der Waals surface area contributed by atoms with Gasteiger partial charge >= 0.3 is 0 Å². The molecular weight excluding hydrogens is 218 g/mol. The van der Waals surface area contributed by atoms with E-state index in [1.165, 1.54) is 0 Å². The van der Waals surface area contributed by atoms with Crippen LogP contribution in [0.3, 0.4) is 0 Å². The van der Waals surface area contributed by atoms with Crippen molar-refractivity contribution in [2.24, 2.45) is 0 Å². The number of methoxy groups -OCH3 is 1. The van der Waals surface area contributed by atoms with E-state index < -0.39 is 0 Å². The molecule has 0 saturated heterocycles. The van der Waals surface area contributed by atoms with Gasteiger partial charge in [0, 0.05) is 25.8 Å². The minimum Gasteiger partial charge on any atom is -0.383 e. The summed E-state index contributed by atoms with van der Waals surface area (Å²) in [6, 6.07) is 2.08. The van der Waals surface area contributed by atoms with Crippen molar-refractivity contribution in [3.63, 3.8) is 0 Å². The molecule has 1 atom stereocenters. The van der Waals surface area contributed by atoms with Gasteiger partial charge in [0.25, 0.3) is 0 Å². The summed E-state index contributed by atoms with van der Waals surface area (Å²) >= 11 is 0. The Morgan fingerprint density at radius 3 is 2.65 bits per heavy atom. The van der Waals surface area contributed by atoms with Crippen molar-refractivity contribution in [2.75, 3.05) is 36.6 Å². The summed E-state index contributed by atoms with van der Waals surface area (Å²) < 4.78 is 5.10. The first-order valence-electron chi connectivity index (χ1n) is 5.74. The number of anilines is 3. The number of rotatable bonds is 6. The third kappa shape index (κ3) is 3.74. The van der Waals surface area contributed by atoms with Crippen LogP contribution in [0.1, 0.15) is 20.3 Å². The van der Waals surface area contributed by atoms with Crippen LogP contribution in [-0.4, -0.2) is 36.3 Å². The molecule has 4 N–H and O–H groups in total. The van der Waals surface area contributed by atoms with Gasteiger partial charge in [-0.25, -0.2) is 0 Å². The summed E-state index contributed by atoms with van der Waals surface area (Å²) in [7, 11) is 1.68. The monoisotopic (exact) mass is 239 g/mol. The molecule has 6 nitrogen and oxygen atoms in total. The lowest BCUT2D eigenvalue weighted by molar-refractivity contribution is 0.203. The number of nitrogens with two attached hydrogens (primary N) is 2. The Labute approximate surface area is 102 Å². The molecule has 0 amide bonds. The summed E-state index contributed by atoms with van der Waals surface area (Å²) in [5.74, 6) is 1.34. The van der Waals surface area contributed by atoms with Crippen molar-refractivity contribution < 1.29 is 4.74 Å². The van der Waals surface area contributed by atoms with E-state index >= 15 is 0 Å². The van der Waals surface area contributed by atoms with Gasteiger partial charge in [0.05, 0.1) is 6.61 Å². The maximum atomic E-state index is 5.68. The molecule has 17 heavy (non-hydrogen) atoms. The highest BCUT2D eigenvalue weighted by molar-refractivity contribution is 5.50. The van der Waals surface area contributed by atoms with Crippen molar-refractivity contribution in [2.45, 2.75) is 26.3 Å². The van der Waals surface area contributed by atoms with Gasteiger partial charge in [0.15, 0.2) is 0 Å². The maximum Gasteiger partial charge on any atom is 0.223 e. The van der Waals surface area contributed by atoms with E-state index in [0.717, 1.165) is 18.8 Å². The van der Waals surface area contributed by atoms with Crippen molar-refractivity contribution in [3.8, 4) is 0 Å². The lowest BCUT2D eigenvalue weighted by Gasteiger charge is -2.29. The summed E-state index contributed by atoms with van der Waals surface area (Å²) in [4.78, 5) is 10.2. The van der Waals surface area contributed by atoms with Crippen LogP contribution in [0.15, 0.2) is 6.07 Å². The maximum absolute atomic E-state index is 5.68. The first kappa shape index (κ1) is 13.5. The average molecular weight is 239 g/mol. The van der Waals surface area contributed by atoms with E-state index in [1.807, 2.05) is 0 Å². The van der Waals surface area contributed by atoms with Crippen LogP contribution in [0.5, 0.6) is 0 Å². The molecule has 0 aromatic carbocycles. The molecule has 0 aliphatic rings. The number of hydrogen-bond acceptors (Lipinski definition) is 6. The minimum absolute atomic E-state index is 0.200. The summed E-state index contributed by atoms with van der Waals surface area (Å²) in [6.45, 7) is 5.64. The Morgan fingerprint density at radius 2 is 2.12 bits per heavy atom. The fraction of sp³-hybridized carbons (Fsp3) is 0.636. The Balaban J connectivity index is 2.94. The van der Waals surface area contributed by atoms with Gasteiger partial charge in [-0.05, 0) is 13.3 Å². The number of nitrogen functional groups attached to an aromatic ring is 2. The summed E-state index contributed by atoms with van der Waals surface area (Å²) in [5, 5.41) is 0. The predicted octanol–water partition coefficient (Wildman–Crippen LogP) is 0.892. The highest BCUT2D eigenvalue weighted by Crippen LogP contribution is 2.18. The number of ether oxygens (including phenoxy) is 1. The van der Waals surface area contributed by atoms with E-state index in [0.29, 0.717) is 18.5 Å². The molecule has 0 fully saturated rings. The van der Waals surface area contributed by atoms with Gasteiger partial charge in [-0.2, -0.15) is 9.97 Å².